The number of nitrogens with two attached hydrogens (primary N) is 1. The summed E-state index contributed by atoms with van der Waals surface area (Å²) in [6.45, 7) is 7.87. The summed E-state index contributed by atoms with van der Waals surface area (Å²) < 4.78 is 0. The van der Waals surface area contributed by atoms with E-state index in [2.05, 4.69) is 18.7 Å². The van der Waals surface area contributed by atoms with Crippen LogP contribution in [0.2, 0.25) is 0 Å². The van der Waals surface area contributed by atoms with Crippen LogP contribution >= 0.6 is 0 Å². The van der Waals surface area contributed by atoms with Crippen molar-refractivity contribution >= 4 is 5.91 Å². The zero-order valence-electron chi connectivity index (χ0n) is 10.4. The van der Waals surface area contributed by atoms with Crippen molar-refractivity contribution in [3.8, 4) is 0 Å². The Morgan fingerprint density at radius 1 is 1.33 bits per heavy atom. The number of amides is 1. The number of likely N-dealkylation sites (tertiary alicyclic amines) is 1. The molecule has 1 atom stereocenters. The Hall–Kier alpha value is -0.610. The molecule has 0 aromatic rings. The molecule has 1 aliphatic rings. The second-order valence-corrected chi connectivity index (χ2v) is 5.20. The standard InChI is InChI=1S/C11H23N3O/c1-8(2)11(12)6-14(7-11)9(3)10(15)13(4)5/h8-9H,6-7,12H2,1-5H3. The van der Waals surface area contributed by atoms with Gasteiger partial charge in [0.1, 0.15) is 0 Å². The number of rotatable bonds is 3. The molecule has 1 saturated heterocycles. The van der Waals surface area contributed by atoms with E-state index in [1.54, 1.807) is 19.0 Å². The smallest absolute Gasteiger partial charge is 0.239 e. The summed E-state index contributed by atoms with van der Waals surface area (Å²) in [5, 5.41) is 0. The number of nitrogens with zero attached hydrogens (tertiary/aromatic N) is 2. The molecule has 88 valence electrons. The van der Waals surface area contributed by atoms with Gasteiger partial charge >= 0.3 is 0 Å². The molecule has 1 fully saturated rings. The summed E-state index contributed by atoms with van der Waals surface area (Å²) >= 11 is 0. The van der Waals surface area contributed by atoms with Gasteiger partial charge in [-0.05, 0) is 12.8 Å². The fourth-order valence-electron chi connectivity index (χ4n) is 1.88. The molecule has 4 nitrogen and oxygen atoms in total. The first kappa shape index (κ1) is 12.5. The van der Waals surface area contributed by atoms with E-state index in [0.29, 0.717) is 5.92 Å². The Morgan fingerprint density at radius 3 is 2.13 bits per heavy atom. The van der Waals surface area contributed by atoms with Crippen molar-refractivity contribution in [3.63, 3.8) is 0 Å². The minimum Gasteiger partial charge on any atom is -0.347 e. The van der Waals surface area contributed by atoms with E-state index in [1.807, 2.05) is 6.92 Å². The van der Waals surface area contributed by atoms with Gasteiger partial charge in [0.05, 0.1) is 6.04 Å². The lowest BCUT2D eigenvalue weighted by Gasteiger charge is -2.52. The molecule has 1 heterocycles. The van der Waals surface area contributed by atoms with E-state index in [-0.39, 0.29) is 17.5 Å². The number of likely N-dealkylation sites (N-methyl/N-ethyl adjacent to an activating group) is 1. The fourth-order valence-corrected chi connectivity index (χ4v) is 1.88. The van der Waals surface area contributed by atoms with Crippen LogP contribution < -0.4 is 5.73 Å². The van der Waals surface area contributed by atoms with Crippen LogP contribution in [-0.2, 0) is 4.79 Å². The summed E-state index contributed by atoms with van der Waals surface area (Å²) in [5.41, 5.74) is 6.09. The summed E-state index contributed by atoms with van der Waals surface area (Å²) in [6.07, 6.45) is 0. The average Bonchev–Trinajstić information content (AvgIpc) is 2.09. The molecule has 4 heteroatoms. The van der Waals surface area contributed by atoms with Gasteiger partial charge in [-0.25, -0.2) is 0 Å². The first-order valence-corrected chi connectivity index (χ1v) is 5.52. The first-order valence-electron chi connectivity index (χ1n) is 5.52. The maximum atomic E-state index is 11.7. The average molecular weight is 213 g/mol. The zero-order valence-corrected chi connectivity index (χ0v) is 10.4. The third-order valence-electron chi connectivity index (χ3n) is 3.49. The minimum atomic E-state index is -0.0964. The lowest BCUT2D eigenvalue weighted by Crippen LogP contribution is -2.72. The van der Waals surface area contributed by atoms with Gasteiger partial charge in [-0.15, -0.1) is 0 Å². The first-order chi connectivity index (χ1) is 6.78. The van der Waals surface area contributed by atoms with Gasteiger partial charge in [0.2, 0.25) is 5.91 Å². The molecule has 1 aliphatic heterocycles. The van der Waals surface area contributed by atoms with Crippen molar-refractivity contribution in [3.05, 3.63) is 0 Å². The SMILES string of the molecule is CC(C(=O)N(C)C)N1CC(N)(C(C)C)C1. The second kappa shape index (κ2) is 4.10. The van der Waals surface area contributed by atoms with E-state index in [9.17, 15) is 4.79 Å². The maximum Gasteiger partial charge on any atom is 0.239 e. The minimum absolute atomic E-state index is 0.0459. The van der Waals surface area contributed by atoms with Gasteiger partial charge in [-0.1, -0.05) is 13.8 Å². The molecule has 0 spiro atoms. The molecule has 0 saturated carbocycles. The monoisotopic (exact) mass is 213 g/mol. The Morgan fingerprint density at radius 2 is 1.80 bits per heavy atom. The zero-order chi connectivity index (χ0) is 11.8. The Kier molecular flexibility index (Phi) is 3.41. The van der Waals surface area contributed by atoms with Gasteiger partial charge in [-0.3, -0.25) is 9.69 Å². The number of hydrogen-bond donors (Lipinski definition) is 1. The summed E-state index contributed by atoms with van der Waals surface area (Å²) in [5.74, 6) is 0.621. The predicted molar refractivity (Wildman–Crippen MR) is 61.5 cm³/mol. The van der Waals surface area contributed by atoms with Gasteiger partial charge < -0.3 is 10.6 Å². The molecule has 0 aromatic heterocycles. The molecule has 15 heavy (non-hydrogen) atoms. The lowest BCUT2D eigenvalue weighted by atomic mass is 9.79. The van der Waals surface area contributed by atoms with Crippen molar-refractivity contribution in [2.24, 2.45) is 11.7 Å². The largest absolute Gasteiger partial charge is 0.347 e. The normalized spacial score (nSPS) is 22.3. The van der Waals surface area contributed by atoms with Crippen LogP contribution in [0, 0.1) is 5.92 Å². The molecule has 1 amide bonds. The van der Waals surface area contributed by atoms with Crippen LogP contribution in [0.1, 0.15) is 20.8 Å². The Balaban J connectivity index is 2.48. The molecule has 0 aromatic carbocycles. The van der Waals surface area contributed by atoms with Crippen molar-refractivity contribution in [2.45, 2.75) is 32.4 Å². The molecular formula is C11H23N3O. The van der Waals surface area contributed by atoms with Gasteiger partial charge in [0, 0.05) is 32.7 Å². The second-order valence-electron chi connectivity index (χ2n) is 5.20. The fraction of sp³-hybridized carbons (Fsp3) is 0.909. The predicted octanol–water partition coefficient (Wildman–Crippen LogP) is 0.132. The lowest BCUT2D eigenvalue weighted by molar-refractivity contribution is -0.137. The van der Waals surface area contributed by atoms with Crippen LogP contribution in [0.4, 0.5) is 0 Å². The molecule has 0 radical (unpaired) electrons. The van der Waals surface area contributed by atoms with E-state index in [1.165, 1.54) is 0 Å². The molecular weight excluding hydrogens is 190 g/mol. The van der Waals surface area contributed by atoms with Gasteiger partial charge in [0.25, 0.3) is 0 Å². The third kappa shape index (κ3) is 2.32. The van der Waals surface area contributed by atoms with E-state index in [0.717, 1.165) is 13.1 Å². The van der Waals surface area contributed by atoms with E-state index < -0.39 is 0 Å². The summed E-state index contributed by atoms with van der Waals surface area (Å²) in [6, 6.07) is -0.0459. The highest BCUT2D eigenvalue weighted by molar-refractivity contribution is 5.81. The number of carbonyl (C=O) groups is 1. The Labute approximate surface area is 92.4 Å². The molecule has 1 unspecified atom stereocenters. The van der Waals surface area contributed by atoms with Gasteiger partial charge in [0.15, 0.2) is 0 Å². The summed E-state index contributed by atoms with van der Waals surface area (Å²) in [4.78, 5) is 15.5. The Bertz CT molecular complexity index is 244. The van der Waals surface area contributed by atoms with Crippen LogP contribution in [0.3, 0.4) is 0 Å². The third-order valence-corrected chi connectivity index (χ3v) is 3.49. The molecule has 2 N–H and O–H groups in total. The van der Waals surface area contributed by atoms with Crippen molar-refractivity contribution in [1.29, 1.82) is 0 Å². The van der Waals surface area contributed by atoms with E-state index in [4.69, 9.17) is 5.73 Å². The quantitative estimate of drug-likeness (QED) is 0.725. The van der Waals surface area contributed by atoms with Gasteiger partial charge in [-0.2, -0.15) is 0 Å². The van der Waals surface area contributed by atoms with E-state index >= 15 is 0 Å². The highest BCUT2D eigenvalue weighted by atomic mass is 16.2. The highest BCUT2D eigenvalue weighted by Crippen LogP contribution is 2.27. The molecule has 1 rings (SSSR count). The molecule has 0 bridgehead atoms. The van der Waals surface area contributed by atoms with Crippen LogP contribution in [0.25, 0.3) is 0 Å². The van der Waals surface area contributed by atoms with Crippen LogP contribution in [0.15, 0.2) is 0 Å². The van der Waals surface area contributed by atoms with Crippen molar-refractivity contribution in [1.82, 2.24) is 9.80 Å². The highest BCUT2D eigenvalue weighted by Gasteiger charge is 2.45. The summed E-state index contributed by atoms with van der Waals surface area (Å²) in [7, 11) is 3.58. The van der Waals surface area contributed by atoms with Crippen molar-refractivity contribution in [2.75, 3.05) is 27.2 Å². The van der Waals surface area contributed by atoms with Crippen molar-refractivity contribution < 1.29 is 4.79 Å². The van der Waals surface area contributed by atoms with Crippen LogP contribution in [0.5, 0.6) is 0 Å². The molecule has 0 aliphatic carbocycles. The topological polar surface area (TPSA) is 49.6 Å². The van der Waals surface area contributed by atoms with Crippen LogP contribution in [-0.4, -0.2) is 54.5 Å². The maximum absolute atomic E-state index is 11.7. The number of carbonyl (C=O) groups excluding carboxylic acids is 1. The number of hydrogen-bond acceptors (Lipinski definition) is 3.